The van der Waals surface area contributed by atoms with Gasteiger partial charge in [0.15, 0.2) is 6.29 Å². The van der Waals surface area contributed by atoms with E-state index in [4.69, 9.17) is 14.6 Å². The third kappa shape index (κ3) is 2.71. The van der Waals surface area contributed by atoms with Crippen molar-refractivity contribution in [1.29, 1.82) is 0 Å². The molecule has 0 saturated carbocycles. The van der Waals surface area contributed by atoms with E-state index in [2.05, 4.69) is 0 Å². The molecule has 0 bridgehead atoms. The Kier molecular flexibility index (Phi) is 4.58. The first-order valence-electron chi connectivity index (χ1n) is 4.47. The highest BCUT2D eigenvalue weighted by molar-refractivity contribution is 5.50. The summed E-state index contributed by atoms with van der Waals surface area (Å²) in [6.45, 7) is -0.825. The Hall–Kier alpha value is -0.570. The van der Waals surface area contributed by atoms with Gasteiger partial charge in [-0.05, 0) is 0 Å². The summed E-state index contributed by atoms with van der Waals surface area (Å²) in [4.78, 5) is 10.0. The largest absolute Gasteiger partial charge is 0.394 e. The predicted octanol–water partition coefficient (Wildman–Crippen LogP) is -3.00. The van der Waals surface area contributed by atoms with Gasteiger partial charge in [-0.25, -0.2) is 0 Å². The third-order valence-electron chi connectivity index (χ3n) is 2.18. The van der Waals surface area contributed by atoms with Crippen molar-refractivity contribution in [1.82, 2.24) is 0 Å². The minimum Gasteiger partial charge on any atom is -0.394 e. The van der Waals surface area contributed by atoms with E-state index >= 15 is 0 Å². The van der Waals surface area contributed by atoms with Crippen LogP contribution in [0.2, 0.25) is 0 Å². The molecule has 15 heavy (non-hydrogen) atoms. The Morgan fingerprint density at radius 3 is 2.40 bits per heavy atom. The van der Waals surface area contributed by atoms with Crippen LogP contribution in [0.25, 0.3) is 0 Å². The number of aliphatic hydroxyl groups is 4. The van der Waals surface area contributed by atoms with Gasteiger partial charge < -0.3 is 34.7 Å². The van der Waals surface area contributed by atoms with Gasteiger partial charge in [0.25, 0.3) is 0 Å². The zero-order valence-corrected chi connectivity index (χ0v) is 7.89. The van der Waals surface area contributed by atoms with Crippen LogP contribution in [0, 0.1) is 0 Å². The molecule has 0 aromatic rings. The molecule has 0 amide bonds. The molecule has 1 saturated heterocycles. The van der Waals surface area contributed by atoms with Gasteiger partial charge in [0, 0.05) is 0 Å². The molecule has 0 aliphatic carbocycles. The van der Waals surface area contributed by atoms with Crippen molar-refractivity contribution in [2.24, 2.45) is 0 Å². The van der Waals surface area contributed by atoms with Crippen molar-refractivity contribution in [3.8, 4) is 0 Å². The van der Waals surface area contributed by atoms with Gasteiger partial charge in [0.1, 0.15) is 37.3 Å². The molecule has 4 N–H and O–H groups in total. The average molecular weight is 222 g/mol. The molecule has 1 heterocycles. The molecule has 88 valence electrons. The Morgan fingerprint density at radius 2 is 1.87 bits per heavy atom. The number of ether oxygens (including phenoxy) is 2. The average Bonchev–Trinajstić information content (AvgIpc) is 2.25. The summed E-state index contributed by atoms with van der Waals surface area (Å²) in [6, 6.07) is 0. The molecule has 0 aromatic heterocycles. The second kappa shape index (κ2) is 5.50. The summed E-state index contributed by atoms with van der Waals surface area (Å²) in [5.41, 5.74) is 0. The smallest absolute Gasteiger partial charge is 0.187 e. The molecule has 1 rings (SSSR count). The Labute approximate surface area is 85.9 Å². The van der Waals surface area contributed by atoms with Crippen molar-refractivity contribution < 1.29 is 34.7 Å². The quantitative estimate of drug-likeness (QED) is 0.374. The van der Waals surface area contributed by atoms with E-state index in [1.807, 2.05) is 0 Å². The Balaban J connectivity index is 2.60. The van der Waals surface area contributed by atoms with Gasteiger partial charge in [0.2, 0.25) is 0 Å². The molecular formula is C8H14O7. The maximum absolute atomic E-state index is 10.0. The fourth-order valence-electron chi connectivity index (χ4n) is 1.34. The summed E-state index contributed by atoms with van der Waals surface area (Å²) >= 11 is 0. The number of carbonyl (C=O) groups is 1. The number of aliphatic hydroxyl groups excluding tert-OH is 4. The topological polar surface area (TPSA) is 116 Å². The van der Waals surface area contributed by atoms with Gasteiger partial charge in [-0.1, -0.05) is 0 Å². The second-order valence-electron chi connectivity index (χ2n) is 3.20. The summed E-state index contributed by atoms with van der Waals surface area (Å²) in [6.07, 6.45) is -6.14. The van der Waals surface area contributed by atoms with Gasteiger partial charge in [-0.15, -0.1) is 0 Å². The van der Waals surface area contributed by atoms with Crippen LogP contribution in [0.1, 0.15) is 0 Å². The fraction of sp³-hybridized carbons (Fsp3) is 0.875. The van der Waals surface area contributed by atoms with E-state index in [0.29, 0.717) is 6.29 Å². The maximum Gasteiger partial charge on any atom is 0.187 e. The lowest BCUT2D eigenvalue weighted by Gasteiger charge is -2.39. The molecule has 7 heteroatoms. The van der Waals surface area contributed by atoms with Crippen molar-refractivity contribution in [3.05, 3.63) is 0 Å². The van der Waals surface area contributed by atoms with Crippen molar-refractivity contribution in [2.75, 3.05) is 13.2 Å². The highest BCUT2D eigenvalue weighted by Gasteiger charge is 2.43. The highest BCUT2D eigenvalue weighted by Crippen LogP contribution is 2.21. The van der Waals surface area contributed by atoms with Gasteiger partial charge in [-0.3, -0.25) is 0 Å². The first-order valence-corrected chi connectivity index (χ1v) is 4.47. The van der Waals surface area contributed by atoms with Crippen LogP contribution in [0.5, 0.6) is 0 Å². The van der Waals surface area contributed by atoms with E-state index in [1.165, 1.54) is 0 Å². The fourth-order valence-corrected chi connectivity index (χ4v) is 1.34. The van der Waals surface area contributed by atoms with Crippen LogP contribution in [0.3, 0.4) is 0 Å². The number of hydrogen-bond donors (Lipinski definition) is 4. The van der Waals surface area contributed by atoms with Crippen molar-refractivity contribution in [3.63, 3.8) is 0 Å². The van der Waals surface area contributed by atoms with Gasteiger partial charge in [0.05, 0.1) is 6.61 Å². The zero-order valence-electron chi connectivity index (χ0n) is 7.89. The van der Waals surface area contributed by atoms with E-state index < -0.39 is 37.3 Å². The lowest BCUT2D eigenvalue weighted by atomic mass is 9.99. The van der Waals surface area contributed by atoms with Crippen molar-refractivity contribution in [2.45, 2.75) is 30.7 Å². The maximum atomic E-state index is 10.0. The SMILES string of the molecule is O=CCO[C@@H]1O[C@H](CO)[C@@H](O)[C@H](O)[C@@H]1O. The Bertz CT molecular complexity index is 207. The van der Waals surface area contributed by atoms with Crippen LogP contribution >= 0.6 is 0 Å². The second-order valence-corrected chi connectivity index (χ2v) is 3.20. The van der Waals surface area contributed by atoms with Crippen LogP contribution in [0.15, 0.2) is 0 Å². The summed E-state index contributed by atoms with van der Waals surface area (Å²) in [7, 11) is 0. The van der Waals surface area contributed by atoms with Crippen molar-refractivity contribution >= 4 is 6.29 Å². The molecule has 1 fully saturated rings. The molecular weight excluding hydrogens is 208 g/mol. The molecule has 7 nitrogen and oxygen atoms in total. The molecule has 1 aliphatic rings. The minimum absolute atomic E-state index is 0.303. The third-order valence-corrected chi connectivity index (χ3v) is 2.18. The lowest BCUT2D eigenvalue weighted by molar-refractivity contribution is -0.298. The molecule has 0 spiro atoms. The first kappa shape index (κ1) is 12.5. The molecule has 0 radical (unpaired) electrons. The number of hydrogen-bond acceptors (Lipinski definition) is 7. The summed E-state index contributed by atoms with van der Waals surface area (Å²) < 4.78 is 9.71. The molecule has 1 aliphatic heterocycles. The normalized spacial score (nSPS) is 41.5. The van der Waals surface area contributed by atoms with E-state index in [9.17, 15) is 20.1 Å². The van der Waals surface area contributed by atoms with E-state index in [1.54, 1.807) is 0 Å². The monoisotopic (exact) mass is 222 g/mol. The standard InChI is InChI=1S/C8H14O7/c9-1-2-14-8-7(13)6(12)5(11)4(3-10)15-8/h1,4-8,10-13H,2-3H2/t4-,5-,6+,7+,8-/m1/s1. The molecule has 0 unspecified atom stereocenters. The van der Waals surface area contributed by atoms with E-state index in [0.717, 1.165) is 0 Å². The summed E-state index contributed by atoms with van der Waals surface area (Å²) in [5, 5.41) is 36.9. The number of aldehydes is 1. The zero-order chi connectivity index (χ0) is 11.4. The number of rotatable bonds is 4. The van der Waals surface area contributed by atoms with Crippen LogP contribution in [-0.4, -0.2) is 70.6 Å². The highest BCUT2D eigenvalue weighted by atomic mass is 16.7. The lowest BCUT2D eigenvalue weighted by Crippen LogP contribution is -2.59. The van der Waals surface area contributed by atoms with Crippen LogP contribution < -0.4 is 0 Å². The van der Waals surface area contributed by atoms with Gasteiger partial charge >= 0.3 is 0 Å². The molecule has 5 atom stereocenters. The van der Waals surface area contributed by atoms with E-state index in [-0.39, 0.29) is 6.61 Å². The Morgan fingerprint density at radius 1 is 1.20 bits per heavy atom. The van der Waals surface area contributed by atoms with Gasteiger partial charge in [-0.2, -0.15) is 0 Å². The van der Waals surface area contributed by atoms with Crippen LogP contribution in [0.4, 0.5) is 0 Å². The molecule has 0 aromatic carbocycles. The minimum atomic E-state index is -1.48. The first-order chi connectivity index (χ1) is 7.11. The predicted molar refractivity (Wildman–Crippen MR) is 45.8 cm³/mol. The van der Waals surface area contributed by atoms with Crippen LogP contribution in [-0.2, 0) is 14.3 Å². The summed E-state index contributed by atoms with van der Waals surface area (Å²) in [5.74, 6) is 0. The number of carbonyl (C=O) groups excluding carboxylic acids is 1.